The molecule has 1 heterocycles. The van der Waals surface area contributed by atoms with Gasteiger partial charge in [-0.3, -0.25) is 9.59 Å². The lowest BCUT2D eigenvalue weighted by Crippen LogP contribution is -2.56. The van der Waals surface area contributed by atoms with E-state index in [-0.39, 0.29) is 11.9 Å². The number of carbonyl (C=O) groups is 3. The van der Waals surface area contributed by atoms with E-state index in [0.717, 1.165) is 33.6 Å². The van der Waals surface area contributed by atoms with E-state index in [1.165, 1.54) is 0 Å². The van der Waals surface area contributed by atoms with Crippen LogP contribution < -0.4 is 15.4 Å². The first kappa shape index (κ1) is 34.7. The molecule has 8 heteroatoms. The zero-order chi connectivity index (χ0) is 33.6. The van der Waals surface area contributed by atoms with Crippen LogP contribution >= 0.6 is 0 Å². The molecule has 2 N–H and O–H groups in total. The van der Waals surface area contributed by atoms with Crippen LogP contribution in [0.1, 0.15) is 77.1 Å². The van der Waals surface area contributed by atoms with E-state index in [9.17, 15) is 14.4 Å². The molecule has 8 nitrogen and oxygen atoms in total. The number of aryl methyl sites for hydroxylation is 2. The third-order valence-electron chi connectivity index (χ3n) is 8.42. The first-order valence-corrected chi connectivity index (χ1v) is 16.0. The minimum absolute atomic E-state index is 0.251. The van der Waals surface area contributed by atoms with Gasteiger partial charge in [0.25, 0.3) is 0 Å². The standard InChI is InChI=1S/C38H48N2O6/c1-24-22-26(20-21-30(24)28-17-13-18-29(23-28)44-8)14-12-19-31(32-36(43)46-38(6,7)45-32)34(41)40-33(37(3,4)5)35(42)39-25(2)27-15-10-9-11-16-27/h9-11,13,15-18,20-23,25,31-33H,12,14,19H2,1-8H3,(H,39,42)(H,40,41)/t25?,31-,32?,33-/m1/s1. The summed E-state index contributed by atoms with van der Waals surface area (Å²) in [6.07, 6.45) is 0.628. The summed E-state index contributed by atoms with van der Waals surface area (Å²) in [4.78, 5) is 40.5. The van der Waals surface area contributed by atoms with Crippen molar-refractivity contribution in [1.82, 2.24) is 10.6 Å². The number of amides is 2. The Morgan fingerprint density at radius 2 is 1.67 bits per heavy atom. The highest BCUT2D eigenvalue weighted by Gasteiger charge is 2.48. The Labute approximate surface area is 273 Å². The summed E-state index contributed by atoms with van der Waals surface area (Å²) < 4.78 is 16.8. The number of benzene rings is 3. The lowest BCUT2D eigenvalue weighted by atomic mass is 9.84. The Balaban J connectivity index is 1.49. The van der Waals surface area contributed by atoms with E-state index in [1.807, 2.05) is 76.2 Å². The number of hydrogen-bond donors (Lipinski definition) is 2. The van der Waals surface area contributed by atoms with Gasteiger partial charge in [0.1, 0.15) is 11.8 Å². The van der Waals surface area contributed by atoms with Gasteiger partial charge < -0.3 is 24.8 Å². The summed E-state index contributed by atoms with van der Waals surface area (Å²) in [7, 11) is 1.66. The van der Waals surface area contributed by atoms with Crippen LogP contribution in [0, 0.1) is 18.3 Å². The minimum Gasteiger partial charge on any atom is -0.497 e. The van der Waals surface area contributed by atoms with Gasteiger partial charge in [-0.25, -0.2) is 4.79 Å². The molecule has 0 radical (unpaired) electrons. The molecule has 0 saturated carbocycles. The summed E-state index contributed by atoms with van der Waals surface area (Å²) in [5.74, 6) is -2.45. The Morgan fingerprint density at radius 3 is 2.28 bits per heavy atom. The molecule has 0 spiro atoms. The summed E-state index contributed by atoms with van der Waals surface area (Å²) in [5, 5.41) is 6.03. The van der Waals surface area contributed by atoms with Gasteiger partial charge in [-0.1, -0.05) is 81.4 Å². The van der Waals surface area contributed by atoms with Gasteiger partial charge in [0.05, 0.1) is 19.1 Å². The number of ether oxygens (including phenoxy) is 3. The Morgan fingerprint density at radius 1 is 0.957 bits per heavy atom. The summed E-state index contributed by atoms with van der Waals surface area (Å²) in [6, 6.07) is 22.9. The molecule has 1 aliphatic rings. The van der Waals surface area contributed by atoms with Crippen LogP contribution in [0.3, 0.4) is 0 Å². The van der Waals surface area contributed by atoms with Crippen LogP contribution in [0.25, 0.3) is 11.1 Å². The van der Waals surface area contributed by atoms with Gasteiger partial charge >= 0.3 is 5.97 Å². The van der Waals surface area contributed by atoms with Gasteiger partial charge in [-0.2, -0.15) is 0 Å². The fourth-order valence-electron chi connectivity index (χ4n) is 5.91. The molecule has 46 heavy (non-hydrogen) atoms. The second kappa shape index (κ2) is 14.5. The lowest BCUT2D eigenvalue weighted by molar-refractivity contribution is -0.162. The molecule has 246 valence electrons. The molecule has 1 aliphatic heterocycles. The van der Waals surface area contributed by atoms with Gasteiger partial charge in [-0.05, 0) is 78.5 Å². The normalized spacial score (nSPS) is 17.8. The first-order valence-electron chi connectivity index (χ1n) is 16.0. The first-order chi connectivity index (χ1) is 21.7. The van der Waals surface area contributed by atoms with Gasteiger partial charge in [0.2, 0.25) is 17.6 Å². The van der Waals surface area contributed by atoms with Crippen molar-refractivity contribution >= 4 is 17.8 Å². The molecule has 2 amide bonds. The summed E-state index contributed by atoms with van der Waals surface area (Å²) in [6.45, 7) is 13.0. The molecule has 4 atom stereocenters. The zero-order valence-corrected chi connectivity index (χ0v) is 28.3. The number of rotatable bonds is 12. The van der Waals surface area contributed by atoms with Crippen molar-refractivity contribution in [2.24, 2.45) is 11.3 Å². The summed E-state index contributed by atoms with van der Waals surface area (Å²) in [5.41, 5.74) is 4.82. The fourth-order valence-corrected chi connectivity index (χ4v) is 5.91. The molecule has 0 aliphatic carbocycles. The average molecular weight is 629 g/mol. The van der Waals surface area contributed by atoms with Crippen LogP contribution in [-0.4, -0.2) is 42.8 Å². The average Bonchev–Trinajstić information content (AvgIpc) is 3.28. The second-order valence-corrected chi connectivity index (χ2v) is 13.7. The van der Waals surface area contributed by atoms with E-state index in [1.54, 1.807) is 21.0 Å². The molecule has 3 aromatic rings. The SMILES string of the molecule is COc1cccc(-c2ccc(CCC[C@@H](C(=O)N[C@H](C(=O)NC(C)c3ccccc3)C(C)(C)C)C3OC(C)(C)OC3=O)cc2C)c1. The molecule has 0 aromatic heterocycles. The van der Waals surface area contributed by atoms with E-state index < -0.39 is 41.1 Å². The number of methoxy groups -OCH3 is 1. The molecular weight excluding hydrogens is 580 g/mol. The number of cyclic esters (lactones) is 1. The molecule has 1 saturated heterocycles. The van der Waals surface area contributed by atoms with E-state index in [4.69, 9.17) is 14.2 Å². The van der Waals surface area contributed by atoms with Crippen LogP contribution in [0.4, 0.5) is 0 Å². The van der Waals surface area contributed by atoms with E-state index in [2.05, 4.69) is 41.8 Å². The van der Waals surface area contributed by atoms with Crippen molar-refractivity contribution in [3.8, 4) is 16.9 Å². The number of esters is 1. The van der Waals surface area contributed by atoms with Crippen molar-refractivity contribution in [1.29, 1.82) is 0 Å². The van der Waals surface area contributed by atoms with E-state index >= 15 is 0 Å². The highest BCUT2D eigenvalue weighted by Crippen LogP contribution is 2.32. The predicted molar refractivity (Wildman–Crippen MR) is 179 cm³/mol. The second-order valence-electron chi connectivity index (χ2n) is 13.7. The maximum atomic E-state index is 14.0. The highest BCUT2D eigenvalue weighted by molar-refractivity contribution is 5.92. The Hall–Kier alpha value is -4.17. The maximum Gasteiger partial charge on any atom is 0.338 e. The number of hydrogen-bond acceptors (Lipinski definition) is 6. The van der Waals surface area contributed by atoms with Crippen molar-refractivity contribution in [3.05, 3.63) is 89.5 Å². The van der Waals surface area contributed by atoms with Crippen molar-refractivity contribution in [2.75, 3.05) is 7.11 Å². The molecule has 2 unspecified atom stereocenters. The molecule has 1 fully saturated rings. The van der Waals surface area contributed by atoms with Crippen LogP contribution in [0.15, 0.2) is 72.8 Å². The monoisotopic (exact) mass is 628 g/mol. The van der Waals surface area contributed by atoms with Crippen LogP contribution in [-0.2, 0) is 30.3 Å². The number of nitrogens with one attached hydrogen (secondary N) is 2. The van der Waals surface area contributed by atoms with Crippen molar-refractivity contribution in [3.63, 3.8) is 0 Å². The lowest BCUT2D eigenvalue weighted by Gasteiger charge is -2.33. The molecular formula is C38H48N2O6. The summed E-state index contributed by atoms with van der Waals surface area (Å²) >= 11 is 0. The van der Waals surface area contributed by atoms with Crippen molar-refractivity contribution < 1.29 is 28.6 Å². The fraction of sp³-hybridized carbons (Fsp3) is 0.447. The molecule has 4 rings (SSSR count). The predicted octanol–water partition coefficient (Wildman–Crippen LogP) is 6.70. The van der Waals surface area contributed by atoms with Gasteiger partial charge in [0, 0.05) is 13.8 Å². The highest BCUT2D eigenvalue weighted by atomic mass is 16.8. The number of carbonyl (C=O) groups excluding carboxylic acids is 3. The maximum absolute atomic E-state index is 14.0. The minimum atomic E-state index is -1.14. The Bertz CT molecular complexity index is 1530. The topological polar surface area (TPSA) is 103 Å². The quantitative estimate of drug-likeness (QED) is 0.217. The molecule has 3 aromatic carbocycles. The van der Waals surface area contributed by atoms with Gasteiger partial charge in [-0.15, -0.1) is 0 Å². The van der Waals surface area contributed by atoms with Crippen LogP contribution in [0.5, 0.6) is 5.75 Å². The largest absolute Gasteiger partial charge is 0.497 e. The van der Waals surface area contributed by atoms with Gasteiger partial charge in [0.15, 0.2) is 6.10 Å². The van der Waals surface area contributed by atoms with Crippen LogP contribution in [0.2, 0.25) is 0 Å². The Kier molecular flexibility index (Phi) is 10.9. The third kappa shape index (κ3) is 8.75. The third-order valence-corrected chi connectivity index (χ3v) is 8.42. The van der Waals surface area contributed by atoms with E-state index in [0.29, 0.717) is 19.3 Å². The smallest absolute Gasteiger partial charge is 0.338 e. The van der Waals surface area contributed by atoms with Crippen molar-refractivity contribution in [2.45, 2.75) is 91.7 Å². The molecule has 0 bridgehead atoms. The zero-order valence-electron chi connectivity index (χ0n) is 28.3.